The van der Waals surface area contributed by atoms with E-state index in [9.17, 15) is 11.0 Å². The lowest BCUT2D eigenvalue weighted by Crippen LogP contribution is -2.09. The van der Waals surface area contributed by atoms with Crippen LogP contribution >= 0.6 is 0 Å². The van der Waals surface area contributed by atoms with Gasteiger partial charge in [-0.15, -0.1) is 0 Å². The molecule has 1 heteroatoms. The second kappa shape index (κ2) is 15.0. The molecule has 0 saturated carbocycles. The van der Waals surface area contributed by atoms with Crippen LogP contribution in [0.5, 0.6) is 0 Å². The highest BCUT2D eigenvalue weighted by Gasteiger charge is 2.16. The molecule has 57 heavy (non-hydrogen) atoms. The highest BCUT2D eigenvalue weighted by Crippen LogP contribution is 2.41. The standard InChI is InChI=1S/C56H39N/c1-3-12-40(13-4-1)41-22-24-42(25-23-41)43-26-33-49(34-27-43)57(50-35-28-46(29-36-50)53-21-11-18-44-14-7-9-19-52(44)53)51-37-30-47(31-38-51)55-39-32-45-15-8-10-20-54(45)56(55)48-16-5-2-6-17-48/h1-39H/i7D,9D,11D,14D,18D,19D,21D,26D,27D,28D,29D,33D,34D,35D,36D. The first-order chi connectivity index (χ1) is 34.5. The molecule has 0 N–H and O–H groups in total. The number of fused-ring (bicyclic) bond motifs is 2. The molecule has 0 atom stereocenters. The molecule has 0 aliphatic rings. The third kappa shape index (κ3) is 6.66. The minimum Gasteiger partial charge on any atom is -0.311 e. The zero-order valence-corrected chi connectivity index (χ0v) is 30.3. The lowest BCUT2D eigenvalue weighted by Gasteiger charge is -2.26. The lowest BCUT2D eigenvalue weighted by atomic mass is 9.90. The van der Waals surface area contributed by atoms with Gasteiger partial charge in [0.1, 0.15) is 0 Å². The first kappa shape index (κ1) is 21.6. The van der Waals surface area contributed by atoms with E-state index in [1.54, 1.807) is 36.4 Å². The monoisotopic (exact) mass is 740 g/mol. The van der Waals surface area contributed by atoms with Crippen LogP contribution in [-0.2, 0) is 0 Å². The molecular weight excluding hydrogens is 687 g/mol. The lowest BCUT2D eigenvalue weighted by molar-refractivity contribution is 1.28. The smallest absolute Gasteiger partial charge is 0.0645 e. The van der Waals surface area contributed by atoms with Crippen LogP contribution in [0.4, 0.5) is 17.1 Å². The summed E-state index contributed by atoms with van der Waals surface area (Å²) in [6, 6.07) is 35.3. The van der Waals surface area contributed by atoms with Gasteiger partial charge in [-0.05, 0) is 113 Å². The van der Waals surface area contributed by atoms with Crippen molar-refractivity contribution in [3.63, 3.8) is 0 Å². The fraction of sp³-hybridized carbons (Fsp3) is 0. The minimum atomic E-state index is -0.791. The van der Waals surface area contributed by atoms with Crippen molar-refractivity contribution in [3.8, 4) is 55.6 Å². The van der Waals surface area contributed by atoms with Gasteiger partial charge in [0.05, 0.1) is 20.6 Å². The van der Waals surface area contributed by atoms with Crippen molar-refractivity contribution >= 4 is 38.6 Å². The summed E-state index contributed by atoms with van der Waals surface area (Å²) in [5, 5.41) is 1.17. The summed E-state index contributed by atoms with van der Waals surface area (Å²) in [5.41, 5.74) is 3.92. The van der Waals surface area contributed by atoms with Crippen LogP contribution in [-0.4, -0.2) is 0 Å². The molecular formula is C56H39N. The Labute approximate surface area is 355 Å². The molecule has 0 radical (unpaired) electrons. The van der Waals surface area contributed by atoms with E-state index in [4.69, 9.17) is 9.60 Å². The van der Waals surface area contributed by atoms with Crippen molar-refractivity contribution in [2.24, 2.45) is 0 Å². The first-order valence-electron chi connectivity index (χ1n) is 25.9. The molecule has 0 aliphatic heterocycles. The van der Waals surface area contributed by atoms with E-state index in [2.05, 4.69) is 0 Å². The van der Waals surface area contributed by atoms with Crippen molar-refractivity contribution in [3.05, 3.63) is 236 Å². The maximum atomic E-state index is 9.65. The summed E-state index contributed by atoms with van der Waals surface area (Å²) in [5.74, 6) is 0. The predicted octanol–water partition coefficient (Wildman–Crippen LogP) is 15.8. The van der Waals surface area contributed by atoms with Crippen LogP contribution in [0.3, 0.4) is 0 Å². The van der Waals surface area contributed by atoms with Gasteiger partial charge < -0.3 is 4.90 Å². The second-order valence-corrected chi connectivity index (χ2v) is 13.3. The van der Waals surface area contributed by atoms with Gasteiger partial charge in [0.25, 0.3) is 0 Å². The van der Waals surface area contributed by atoms with E-state index in [1.165, 1.54) is 0 Å². The number of rotatable bonds is 8. The van der Waals surface area contributed by atoms with E-state index in [0.717, 1.165) is 49.1 Å². The molecule has 1 nitrogen and oxygen atoms in total. The van der Waals surface area contributed by atoms with Gasteiger partial charge in [0.2, 0.25) is 0 Å². The van der Waals surface area contributed by atoms with Crippen molar-refractivity contribution in [2.45, 2.75) is 0 Å². The van der Waals surface area contributed by atoms with Gasteiger partial charge in [-0.1, -0.05) is 200 Å². The Morgan fingerprint density at radius 3 is 1.53 bits per heavy atom. The van der Waals surface area contributed by atoms with Crippen LogP contribution in [0.25, 0.3) is 77.2 Å². The van der Waals surface area contributed by atoms with Gasteiger partial charge in [-0.2, -0.15) is 0 Å². The molecule has 0 heterocycles. The van der Waals surface area contributed by atoms with E-state index >= 15 is 0 Å². The molecule has 0 aromatic heterocycles. The number of anilines is 3. The van der Waals surface area contributed by atoms with Crippen LogP contribution in [0.1, 0.15) is 20.6 Å². The van der Waals surface area contributed by atoms with Crippen LogP contribution in [0.2, 0.25) is 0 Å². The zero-order chi connectivity index (χ0) is 51.0. The summed E-state index contributed by atoms with van der Waals surface area (Å²) in [4.78, 5) is 1.16. The Kier molecular flexibility index (Phi) is 5.67. The van der Waals surface area contributed by atoms with Gasteiger partial charge >= 0.3 is 0 Å². The number of nitrogens with zero attached hydrogens (tertiary/aromatic N) is 1. The van der Waals surface area contributed by atoms with E-state index < -0.39 is 118 Å². The minimum absolute atomic E-state index is 0.00763. The average molecular weight is 741 g/mol. The molecule has 268 valence electrons. The van der Waals surface area contributed by atoms with Crippen molar-refractivity contribution < 1.29 is 20.6 Å². The SMILES string of the molecule is [2H]c1c([2H])c(N(c2ccc(-c3ccc4ccccc4c3-c3ccccc3)cc2)c2c([2H])c([2H])c(-c3c([2H])c([2H])c([2H])c4c([2H])c([2H])c([2H])c([2H])c34)c([2H])c2[2H])c([2H])c([2H])c1-c1ccc(-c2ccccc2)cc1. The molecule has 0 bridgehead atoms. The highest BCUT2D eigenvalue weighted by molar-refractivity contribution is 6.04. The Morgan fingerprint density at radius 2 is 0.825 bits per heavy atom. The van der Waals surface area contributed by atoms with Gasteiger partial charge in [-0.25, -0.2) is 0 Å². The Balaban J connectivity index is 1.22. The quantitative estimate of drug-likeness (QED) is 0.150. The third-order valence-electron chi connectivity index (χ3n) is 9.94. The van der Waals surface area contributed by atoms with Gasteiger partial charge in [-0.3, -0.25) is 0 Å². The summed E-state index contributed by atoms with van der Waals surface area (Å²) >= 11 is 0. The molecule has 10 rings (SSSR count). The van der Waals surface area contributed by atoms with Crippen molar-refractivity contribution in [1.29, 1.82) is 0 Å². The average Bonchev–Trinajstić information content (AvgIpc) is 3.40. The van der Waals surface area contributed by atoms with Crippen molar-refractivity contribution in [1.82, 2.24) is 0 Å². The fourth-order valence-corrected chi connectivity index (χ4v) is 7.15. The largest absolute Gasteiger partial charge is 0.311 e. The summed E-state index contributed by atoms with van der Waals surface area (Å²) in [6.45, 7) is 0. The van der Waals surface area contributed by atoms with E-state index in [1.807, 2.05) is 109 Å². The molecule has 0 amide bonds. The maximum absolute atomic E-state index is 9.65. The molecule has 0 saturated heterocycles. The molecule has 10 aromatic rings. The molecule has 0 spiro atoms. The third-order valence-corrected chi connectivity index (χ3v) is 9.94. The topological polar surface area (TPSA) is 3.24 Å². The van der Waals surface area contributed by atoms with Crippen LogP contribution < -0.4 is 4.90 Å². The van der Waals surface area contributed by atoms with Gasteiger partial charge in [0.15, 0.2) is 0 Å². The van der Waals surface area contributed by atoms with Crippen molar-refractivity contribution in [2.75, 3.05) is 4.90 Å². The van der Waals surface area contributed by atoms with Gasteiger partial charge in [0, 0.05) is 17.1 Å². The summed E-state index contributed by atoms with van der Waals surface area (Å²) in [7, 11) is 0. The second-order valence-electron chi connectivity index (χ2n) is 13.3. The molecule has 0 aliphatic carbocycles. The van der Waals surface area contributed by atoms with Crippen LogP contribution in [0.15, 0.2) is 236 Å². The molecule has 0 unspecified atom stereocenters. The number of benzene rings is 10. The predicted molar refractivity (Wildman–Crippen MR) is 243 cm³/mol. The Morgan fingerprint density at radius 1 is 0.281 bits per heavy atom. The normalized spacial score (nSPS) is 14.8. The zero-order valence-electron chi connectivity index (χ0n) is 45.3. The number of hydrogen-bond acceptors (Lipinski definition) is 1. The molecule has 10 aromatic carbocycles. The Hall–Kier alpha value is -7.48. The fourth-order valence-electron chi connectivity index (χ4n) is 7.15. The Bertz CT molecular complexity index is 3780. The van der Waals surface area contributed by atoms with E-state index in [0.29, 0.717) is 5.56 Å². The van der Waals surface area contributed by atoms with E-state index in [-0.39, 0.29) is 16.9 Å². The maximum Gasteiger partial charge on any atom is 0.0645 e. The highest BCUT2D eigenvalue weighted by atomic mass is 15.1. The molecule has 0 fully saturated rings. The van der Waals surface area contributed by atoms with Crippen LogP contribution in [0, 0.1) is 0 Å². The first-order valence-corrected chi connectivity index (χ1v) is 18.4. The summed E-state index contributed by atoms with van der Waals surface area (Å²) in [6.07, 6.45) is 0. The number of hydrogen-bond donors (Lipinski definition) is 0. The summed E-state index contributed by atoms with van der Waals surface area (Å²) < 4.78 is 137.